The molecule has 4 nitrogen and oxygen atoms in total. The summed E-state index contributed by atoms with van der Waals surface area (Å²) in [6.45, 7) is 3.83. The highest BCUT2D eigenvalue weighted by molar-refractivity contribution is 6.03. The highest BCUT2D eigenvalue weighted by atomic mass is 16.2. The molecule has 0 aliphatic carbocycles. The molecule has 2 rings (SSSR count). The topological polar surface area (TPSA) is 72.2 Å². The van der Waals surface area contributed by atoms with E-state index in [1.165, 1.54) is 0 Å². The van der Waals surface area contributed by atoms with Crippen LogP contribution in [0.3, 0.4) is 0 Å². The maximum Gasteiger partial charge on any atom is 0.252 e. The second-order valence-corrected chi connectivity index (χ2v) is 4.20. The zero-order valence-corrected chi connectivity index (χ0v) is 8.63. The minimum absolute atomic E-state index is 0.155. The highest BCUT2D eigenvalue weighted by Gasteiger charge is 2.34. The van der Waals surface area contributed by atoms with Crippen LogP contribution in [0.2, 0.25) is 0 Å². The van der Waals surface area contributed by atoms with Gasteiger partial charge in [-0.25, -0.2) is 0 Å². The van der Waals surface area contributed by atoms with Gasteiger partial charge in [-0.05, 0) is 31.5 Å². The minimum atomic E-state index is -0.518. The number of amides is 2. The molecule has 0 saturated carbocycles. The number of hydrogen-bond acceptors (Lipinski definition) is 2. The first-order valence-corrected chi connectivity index (χ1v) is 4.68. The van der Waals surface area contributed by atoms with Crippen molar-refractivity contribution in [1.82, 2.24) is 5.32 Å². The van der Waals surface area contributed by atoms with Crippen LogP contribution in [0.4, 0.5) is 0 Å². The number of rotatable bonds is 1. The van der Waals surface area contributed by atoms with Gasteiger partial charge in [-0.3, -0.25) is 9.59 Å². The Morgan fingerprint density at radius 1 is 1.40 bits per heavy atom. The van der Waals surface area contributed by atoms with Gasteiger partial charge in [0.25, 0.3) is 5.91 Å². The zero-order valence-electron chi connectivity index (χ0n) is 8.63. The predicted molar refractivity (Wildman–Crippen MR) is 55.5 cm³/mol. The third kappa shape index (κ3) is 1.38. The molecule has 1 aliphatic heterocycles. The predicted octanol–water partition coefficient (Wildman–Crippen LogP) is 0.764. The van der Waals surface area contributed by atoms with Gasteiger partial charge >= 0.3 is 0 Å². The molecule has 15 heavy (non-hydrogen) atoms. The number of nitrogens with one attached hydrogen (secondary N) is 1. The Morgan fingerprint density at radius 2 is 2.07 bits per heavy atom. The van der Waals surface area contributed by atoms with E-state index < -0.39 is 5.91 Å². The molecule has 1 aromatic carbocycles. The van der Waals surface area contributed by atoms with Crippen molar-refractivity contribution < 1.29 is 9.59 Å². The van der Waals surface area contributed by atoms with Crippen LogP contribution in [0.5, 0.6) is 0 Å². The van der Waals surface area contributed by atoms with E-state index in [4.69, 9.17) is 5.73 Å². The molecule has 4 heteroatoms. The normalized spacial score (nSPS) is 17.1. The number of hydrogen-bond donors (Lipinski definition) is 2. The number of primary amides is 1. The van der Waals surface area contributed by atoms with Crippen molar-refractivity contribution in [3.63, 3.8) is 0 Å². The molecule has 2 amide bonds. The van der Waals surface area contributed by atoms with Gasteiger partial charge in [-0.15, -0.1) is 0 Å². The van der Waals surface area contributed by atoms with Gasteiger partial charge in [0.1, 0.15) is 0 Å². The number of carbonyl (C=O) groups is 2. The molecule has 0 bridgehead atoms. The molecule has 0 fully saturated rings. The summed E-state index contributed by atoms with van der Waals surface area (Å²) in [5.41, 5.74) is 6.58. The fourth-order valence-electron chi connectivity index (χ4n) is 1.85. The van der Waals surface area contributed by atoms with E-state index in [0.29, 0.717) is 11.1 Å². The molecular weight excluding hydrogens is 192 g/mol. The lowest BCUT2D eigenvalue weighted by Crippen LogP contribution is -2.32. The van der Waals surface area contributed by atoms with Crippen molar-refractivity contribution >= 4 is 11.8 Å². The first kappa shape index (κ1) is 9.71. The standard InChI is InChI=1S/C11H12N2O2/c1-11(2)8-4-3-6(9(12)14)5-7(8)10(15)13-11/h3-5H,1-2H3,(H2,12,14)(H,13,15). The Morgan fingerprint density at radius 3 is 2.67 bits per heavy atom. The maximum atomic E-state index is 11.6. The molecule has 3 N–H and O–H groups in total. The smallest absolute Gasteiger partial charge is 0.252 e. The van der Waals surface area contributed by atoms with Crippen LogP contribution in [0.25, 0.3) is 0 Å². The van der Waals surface area contributed by atoms with E-state index >= 15 is 0 Å². The molecule has 0 unspecified atom stereocenters. The van der Waals surface area contributed by atoms with Crippen LogP contribution in [-0.4, -0.2) is 11.8 Å². The zero-order chi connectivity index (χ0) is 11.2. The van der Waals surface area contributed by atoms with Crippen LogP contribution < -0.4 is 11.1 Å². The lowest BCUT2D eigenvalue weighted by molar-refractivity contribution is 0.0940. The molecular formula is C11H12N2O2. The molecule has 1 aliphatic rings. The Balaban J connectivity index is 2.60. The first-order chi connectivity index (χ1) is 6.92. The van der Waals surface area contributed by atoms with Gasteiger partial charge in [0.05, 0.1) is 5.54 Å². The molecule has 78 valence electrons. The number of carbonyl (C=O) groups excluding carboxylic acids is 2. The fourth-order valence-corrected chi connectivity index (χ4v) is 1.85. The summed E-state index contributed by atoms with van der Waals surface area (Å²) in [5.74, 6) is -0.673. The second kappa shape index (κ2) is 2.82. The summed E-state index contributed by atoms with van der Waals surface area (Å²) in [4.78, 5) is 22.6. The molecule has 0 spiro atoms. The average molecular weight is 204 g/mol. The number of fused-ring (bicyclic) bond motifs is 1. The summed E-state index contributed by atoms with van der Waals surface area (Å²) in [6.07, 6.45) is 0. The van der Waals surface area contributed by atoms with Gasteiger partial charge in [-0.2, -0.15) is 0 Å². The lowest BCUT2D eigenvalue weighted by atomic mass is 9.93. The highest BCUT2D eigenvalue weighted by Crippen LogP contribution is 2.30. The molecule has 0 radical (unpaired) electrons. The summed E-state index contributed by atoms with van der Waals surface area (Å²) < 4.78 is 0. The summed E-state index contributed by atoms with van der Waals surface area (Å²) in [6, 6.07) is 4.96. The first-order valence-electron chi connectivity index (χ1n) is 4.68. The van der Waals surface area contributed by atoms with E-state index in [1.807, 2.05) is 13.8 Å². The lowest BCUT2D eigenvalue weighted by Gasteiger charge is -2.18. The third-order valence-corrected chi connectivity index (χ3v) is 2.65. The SMILES string of the molecule is CC1(C)NC(=O)c2cc(C(N)=O)ccc21. The van der Waals surface area contributed by atoms with Crippen LogP contribution >= 0.6 is 0 Å². The minimum Gasteiger partial charge on any atom is -0.366 e. The van der Waals surface area contributed by atoms with Crippen molar-refractivity contribution in [2.75, 3.05) is 0 Å². The molecule has 1 aromatic rings. The average Bonchev–Trinajstić information content (AvgIpc) is 2.37. The van der Waals surface area contributed by atoms with Crippen molar-refractivity contribution in [2.45, 2.75) is 19.4 Å². The van der Waals surface area contributed by atoms with Crippen LogP contribution in [0.15, 0.2) is 18.2 Å². The molecule has 1 heterocycles. The van der Waals surface area contributed by atoms with Crippen molar-refractivity contribution in [3.05, 3.63) is 34.9 Å². The Bertz CT molecular complexity index is 464. The van der Waals surface area contributed by atoms with E-state index in [-0.39, 0.29) is 11.4 Å². The number of benzene rings is 1. The fraction of sp³-hybridized carbons (Fsp3) is 0.273. The molecule has 0 aromatic heterocycles. The van der Waals surface area contributed by atoms with E-state index in [2.05, 4.69) is 5.32 Å². The van der Waals surface area contributed by atoms with Crippen molar-refractivity contribution in [1.29, 1.82) is 0 Å². The van der Waals surface area contributed by atoms with Crippen LogP contribution in [-0.2, 0) is 5.54 Å². The van der Waals surface area contributed by atoms with E-state index in [1.54, 1.807) is 18.2 Å². The van der Waals surface area contributed by atoms with Crippen LogP contribution in [0.1, 0.15) is 40.1 Å². The van der Waals surface area contributed by atoms with Gasteiger partial charge in [0.2, 0.25) is 5.91 Å². The Labute approximate surface area is 87.5 Å². The van der Waals surface area contributed by atoms with Gasteiger partial charge < -0.3 is 11.1 Å². The second-order valence-electron chi connectivity index (χ2n) is 4.20. The quantitative estimate of drug-likeness (QED) is 0.709. The van der Waals surface area contributed by atoms with Crippen molar-refractivity contribution in [3.8, 4) is 0 Å². The monoisotopic (exact) mass is 204 g/mol. The Hall–Kier alpha value is -1.84. The summed E-state index contributed by atoms with van der Waals surface area (Å²) >= 11 is 0. The summed E-state index contributed by atoms with van der Waals surface area (Å²) in [7, 11) is 0. The van der Waals surface area contributed by atoms with Gasteiger partial charge in [-0.1, -0.05) is 6.07 Å². The van der Waals surface area contributed by atoms with Gasteiger partial charge in [0.15, 0.2) is 0 Å². The maximum absolute atomic E-state index is 11.6. The van der Waals surface area contributed by atoms with Crippen LogP contribution in [0, 0.1) is 0 Å². The molecule has 0 saturated heterocycles. The van der Waals surface area contributed by atoms with Crippen molar-refractivity contribution in [2.24, 2.45) is 5.73 Å². The third-order valence-electron chi connectivity index (χ3n) is 2.65. The Kier molecular flexibility index (Phi) is 1.83. The largest absolute Gasteiger partial charge is 0.366 e. The van der Waals surface area contributed by atoms with E-state index in [9.17, 15) is 9.59 Å². The van der Waals surface area contributed by atoms with E-state index in [0.717, 1.165) is 5.56 Å². The van der Waals surface area contributed by atoms with Gasteiger partial charge in [0, 0.05) is 11.1 Å². The number of nitrogens with two attached hydrogens (primary N) is 1. The molecule has 0 atom stereocenters. The summed E-state index contributed by atoms with van der Waals surface area (Å²) in [5, 5.41) is 2.83.